The lowest BCUT2D eigenvalue weighted by Gasteiger charge is -2.36. The number of hydrogen-bond donors (Lipinski definition) is 1. The van der Waals surface area contributed by atoms with E-state index in [1.54, 1.807) is 11.4 Å². The summed E-state index contributed by atoms with van der Waals surface area (Å²) in [7, 11) is -1.49. The van der Waals surface area contributed by atoms with Gasteiger partial charge >= 0.3 is 0 Å². The number of sulfonamides is 1. The number of nitrogens with zero attached hydrogens (tertiary/aromatic N) is 3. The number of benzene rings is 1. The molecule has 2 aliphatic rings. The van der Waals surface area contributed by atoms with Crippen LogP contribution in [0.25, 0.3) is 0 Å². The summed E-state index contributed by atoms with van der Waals surface area (Å²) in [5, 5.41) is 3.56. The lowest BCUT2D eigenvalue weighted by Crippen LogP contribution is -2.54. The van der Waals surface area contributed by atoms with Crippen LogP contribution in [-0.2, 0) is 20.2 Å². The summed E-state index contributed by atoms with van der Waals surface area (Å²) in [6.07, 6.45) is 2.42. The van der Waals surface area contributed by atoms with Crippen molar-refractivity contribution in [1.29, 1.82) is 0 Å². The maximum Gasteiger partial charge on any atom is 0.216 e. The molecule has 1 aliphatic carbocycles. The van der Waals surface area contributed by atoms with E-state index in [1.807, 2.05) is 13.8 Å². The smallest absolute Gasteiger partial charge is 0.216 e. The number of aryl methyl sites for hydroxylation is 1. The zero-order chi connectivity index (χ0) is 21.8. The molecule has 168 valence electrons. The predicted molar refractivity (Wildman–Crippen MR) is 121 cm³/mol. The standard InChI is InChI=1S/C22H36N4O3S/c1-18(2)29-15-16-30(27,28)26-13-11-25(12-14-26)21(23-4)24-17-22(9-10-22)20-8-6-5-7-19(20)3/h5-8,18H,9-17H2,1-4H3,(H,23,24). The third kappa shape index (κ3) is 5.53. The Balaban J connectivity index is 1.52. The van der Waals surface area contributed by atoms with Crippen LogP contribution in [0.1, 0.15) is 37.8 Å². The molecular formula is C22H36N4O3S. The predicted octanol–water partition coefficient (Wildman–Crippen LogP) is 1.97. The molecule has 2 fully saturated rings. The van der Waals surface area contributed by atoms with E-state index in [2.05, 4.69) is 46.4 Å². The monoisotopic (exact) mass is 436 g/mol. The van der Waals surface area contributed by atoms with E-state index in [4.69, 9.17) is 4.74 Å². The Morgan fingerprint density at radius 1 is 1.20 bits per heavy atom. The van der Waals surface area contributed by atoms with Gasteiger partial charge in [-0.2, -0.15) is 4.31 Å². The van der Waals surface area contributed by atoms with E-state index in [0.29, 0.717) is 26.2 Å². The van der Waals surface area contributed by atoms with Crippen molar-refractivity contribution in [3.8, 4) is 0 Å². The van der Waals surface area contributed by atoms with Crippen LogP contribution in [-0.4, -0.2) is 81.8 Å². The van der Waals surface area contributed by atoms with Crippen molar-refractivity contribution in [3.63, 3.8) is 0 Å². The Morgan fingerprint density at radius 3 is 2.43 bits per heavy atom. The van der Waals surface area contributed by atoms with Gasteiger partial charge in [-0.1, -0.05) is 24.3 Å². The molecule has 7 nitrogen and oxygen atoms in total. The van der Waals surface area contributed by atoms with Gasteiger partial charge in [0.05, 0.1) is 18.5 Å². The second-order valence-corrected chi connectivity index (χ2v) is 10.7. The number of ether oxygens (including phenoxy) is 1. The van der Waals surface area contributed by atoms with Gasteiger partial charge < -0.3 is 15.0 Å². The summed E-state index contributed by atoms with van der Waals surface area (Å²) in [6.45, 7) is 9.34. The lowest BCUT2D eigenvalue weighted by molar-refractivity contribution is 0.0904. The fraction of sp³-hybridized carbons (Fsp3) is 0.682. The fourth-order valence-corrected chi connectivity index (χ4v) is 5.42. The van der Waals surface area contributed by atoms with Crippen LogP contribution >= 0.6 is 0 Å². The van der Waals surface area contributed by atoms with Gasteiger partial charge in [-0.25, -0.2) is 8.42 Å². The number of hydrogen-bond acceptors (Lipinski definition) is 4. The summed E-state index contributed by atoms with van der Waals surface area (Å²) < 4.78 is 32.1. The van der Waals surface area contributed by atoms with Crippen LogP contribution < -0.4 is 5.32 Å². The molecule has 1 saturated carbocycles. The van der Waals surface area contributed by atoms with Crippen molar-refractivity contribution in [2.75, 3.05) is 52.1 Å². The average Bonchev–Trinajstić information content (AvgIpc) is 3.49. The maximum atomic E-state index is 12.5. The van der Waals surface area contributed by atoms with Gasteiger partial charge in [0.15, 0.2) is 5.96 Å². The number of nitrogens with one attached hydrogen (secondary N) is 1. The van der Waals surface area contributed by atoms with E-state index in [1.165, 1.54) is 24.0 Å². The molecule has 0 spiro atoms. The van der Waals surface area contributed by atoms with Crippen LogP contribution in [0.2, 0.25) is 0 Å². The normalized spacial score (nSPS) is 19.9. The average molecular weight is 437 g/mol. The quantitative estimate of drug-likeness (QED) is 0.498. The molecule has 1 heterocycles. The molecule has 1 aliphatic heterocycles. The van der Waals surface area contributed by atoms with Crippen LogP contribution in [0, 0.1) is 6.92 Å². The van der Waals surface area contributed by atoms with Gasteiger partial charge in [-0.15, -0.1) is 0 Å². The van der Waals surface area contributed by atoms with Crippen molar-refractivity contribution in [2.45, 2.75) is 45.1 Å². The van der Waals surface area contributed by atoms with Gasteiger partial charge in [0, 0.05) is 45.2 Å². The van der Waals surface area contributed by atoms with E-state index < -0.39 is 10.0 Å². The van der Waals surface area contributed by atoms with Crippen molar-refractivity contribution >= 4 is 16.0 Å². The molecule has 1 aromatic rings. The second kappa shape index (κ2) is 9.66. The number of piperazine rings is 1. The van der Waals surface area contributed by atoms with E-state index in [-0.39, 0.29) is 23.9 Å². The van der Waals surface area contributed by atoms with Crippen LogP contribution in [0.15, 0.2) is 29.3 Å². The highest BCUT2D eigenvalue weighted by Crippen LogP contribution is 2.48. The zero-order valence-corrected chi connectivity index (χ0v) is 19.5. The maximum absolute atomic E-state index is 12.5. The molecular weight excluding hydrogens is 400 g/mol. The van der Waals surface area contributed by atoms with E-state index in [9.17, 15) is 8.42 Å². The Morgan fingerprint density at radius 2 is 1.87 bits per heavy atom. The molecule has 1 aromatic carbocycles. The Kier molecular flexibility index (Phi) is 7.42. The highest BCUT2D eigenvalue weighted by molar-refractivity contribution is 7.89. The summed E-state index contributed by atoms with van der Waals surface area (Å²) in [6, 6.07) is 8.61. The SMILES string of the molecule is CN=C(NCC1(c2ccccc2C)CC1)N1CCN(S(=O)(=O)CCOC(C)C)CC1. The molecule has 0 unspecified atom stereocenters. The Hall–Kier alpha value is -1.64. The van der Waals surface area contributed by atoms with Crippen LogP contribution in [0.5, 0.6) is 0 Å². The first-order valence-corrected chi connectivity index (χ1v) is 12.5. The topological polar surface area (TPSA) is 74.2 Å². The zero-order valence-electron chi connectivity index (χ0n) is 18.7. The Bertz CT molecular complexity index is 842. The van der Waals surface area contributed by atoms with E-state index >= 15 is 0 Å². The summed E-state index contributed by atoms with van der Waals surface area (Å²) >= 11 is 0. The second-order valence-electron chi connectivity index (χ2n) is 8.62. The molecule has 0 atom stereocenters. The van der Waals surface area contributed by atoms with Crippen molar-refractivity contribution < 1.29 is 13.2 Å². The highest BCUT2D eigenvalue weighted by Gasteiger charge is 2.45. The highest BCUT2D eigenvalue weighted by atomic mass is 32.2. The number of aliphatic imine (C=N–C) groups is 1. The first-order valence-electron chi connectivity index (χ1n) is 10.9. The van der Waals surface area contributed by atoms with Gasteiger partial charge in [0.25, 0.3) is 0 Å². The number of guanidine groups is 1. The van der Waals surface area contributed by atoms with Crippen molar-refractivity contribution in [1.82, 2.24) is 14.5 Å². The molecule has 1 saturated heterocycles. The molecule has 3 rings (SSSR count). The van der Waals surface area contributed by atoms with E-state index in [0.717, 1.165) is 12.5 Å². The fourth-order valence-electron chi connectivity index (χ4n) is 4.14. The third-order valence-corrected chi connectivity index (χ3v) is 7.93. The van der Waals surface area contributed by atoms with Crippen LogP contribution in [0.4, 0.5) is 0 Å². The van der Waals surface area contributed by atoms with Crippen LogP contribution in [0.3, 0.4) is 0 Å². The van der Waals surface area contributed by atoms with Gasteiger partial charge in [-0.3, -0.25) is 4.99 Å². The van der Waals surface area contributed by atoms with Crippen molar-refractivity contribution in [3.05, 3.63) is 35.4 Å². The number of rotatable bonds is 8. The summed E-state index contributed by atoms with van der Waals surface area (Å²) in [4.78, 5) is 6.62. The van der Waals surface area contributed by atoms with Gasteiger partial charge in [-0.05, 0) is 44.7 Å². The lowest BCUT2D eigenvalue weighted by atomic mass is 9.92. The molecule has 30 heavy (non-hydrogen) atoms. The molecule has 1 N–H and O–H groups in total. The summed E-state index contributed by atoms with van der Waals surface area (Å²) in [5.41, 5.74) is 2.96. The first-order chi connectivity index (χ1) is 14.3. The summed E-state index contributed by atoms with van der Waals surface area (Å²) in [5.74, 6) is 0.895. The van der Waals surface area contributed by atoms with Gasteiger partial charge in [0.2, 0.25) is 10.0 Å². The molecule has 0 amide bonds. The van der Waals surface area contributed by atoms with Crippen molar-refractivity contribution in [2.24, 2.45) is 4.99 Å². The molecule has 0 radical (unpaired) electrons. The molecule has 0 aromatic heterocycles. The Labute approximate surface area is 181 Å². The van der Waals surface area contributed by atoms with Gasteiger partial charge in [0.1, 0.15) is 0 Å². The third-order valence-electron chi connectivity index (χ3n) is 6.09. The minimum atomic E-state index is -3.28. The molecule has 0 bridgehead atoms. The molecule has 8 heteroatoms. The minimum Gasteiger partial charge on any atom is -0.378 e. The first kappa shape index (κ1) is 23.0. The largest absolute Gasteiger partial charge is 0.378 e. The minimum absolute atomic E-state index is 0.0388.